The van der Waals surface area contributed by atoms with E-state index in [-0.39, 0.29) is 0 Å². The van der Waals surface area contributed by atoms with Gasteiger partial charge < -0.3 is 14.9 Å². The molecule has 0 aromatic carbocycles. The van der Waals surface area contributed by atoms with E-state index in [1.54, 1.807) is 0 Å². The van der Waals surface area contributed by atoms with E-state index in [4.69, 9.17) is 49.7 Å². The molecular formula is C2H5Cl3NO5P. The zero-order chi connectivity index (χ0) is 9.99. The molecule has 0 heterocycles. The number of halogens is 3. The van der Waals surface area contributed by atoms with Crippen LogP contribution >= 0.6 is 42.6 Å². The zero-order valence-corrected chi connectivity index (χ0v) is 8.48. The van der Waals surface area contributed by atoms with Crippen LogP contribution in [0.5, 0.6) is 0 Å². The van der Waals surface area contributed by atoms with Gasteiger partial charge in [0.2, 0.25) is 3.79 Å². The number of aliphatic hydroxyl groups is 1. The Bertz CT molecular complexity index is 188. The summed E-state index contributed by atoms with van der Waals surface area (Å²) >= 11 is 15.3. The molecule has 1 atom stereocenters. The van der Waals surface area contributed by atoms with E-state index < -0.39 is 17.8 Å². The molecule has 0 radical (unpaired) electrons. The van der Waals surface area contributed by atoms with Crippen LogP contribution in [0.25, 0.3) is 0 Å². The first-order valence-corrected chi connectivity index (χ1v) is 5.04. The van der Waals surface area contributed by atoms with Gasteiger partial charge in [0.15, 0.2) is 6.23 Å². The van der Waals surface area contributed by atoms with Gasteiger partial charge in [0.1, 0.15) is 0 Å². The Morgan fingerprint density at radius 2 is 1.83 bits per heavy atom. The molecule has 0 aromatic rings. The standard InChI is InChI=1S/C2H5Cl3NO5P/c3-2(4,5)1(7)6-11-12(8,9)10/h1,6-7H,(H2,8,9,10). The molecule has 6 nitrogen and oxygen atoms in total. The summed E-state index contributed by atoms with van der Waals surface area (Å²) in [5.41, 5.74) is 1.46. The highest BCUT2D eigenvalue weighted by Gasteiger charge is 2.32. The lowest BCUT2D eigenvalue weighted by molar-refractivity contribution is 0.00344. The summed E-state index contributed by atoms with van der Waals surface area (Å²) in [5, 5.41) is 8.77. The number of hydroxylamine groups is 1. The maximum atomic E-state index is 10.0. The minimum absolute atomic E-state index is 1.46. The number of hydrogen-bond acceptors (Lipinski definition) is 4. The SMILES string of the molecule is O=P(O)(O)ONC(O)C(Cl)(Cl)Cl. The van der Waals surface area contributed by atoms with Crippen molar-refractivity contribution in [1.82, 2.24) is 5.48 Å². The minimum Gasteiger partial charge on any atom is -0.372 e. The van der Waals surface area contributed by atoms with E-state index in [0.29, 0.717) is 0 Å². The van der Waals surface area contributed by atoms with E-state index in [2.05, 4.69) is 4.62 Å². The van der Waals surface area contributed by atoms with Crippen LogP contribution in [-0.2, 0) is 9.19 Å². The lowest BCUT2D eigenvalue weighted by atomic mass is 10.7. The fraction of sp³-hybridized carbons (Fsp3) is 1.00. The molecule has 0 aromatic heterocycles. The summed E-state index contributed by atoms with van der Waals surface area (Å²) in [7, 11) is -4.74. The summed E-state index contributed by atoms with van der Waals surface area (Å²) in [6, 6.07) is 0. The van der Waals surface area contributed by atoms with Gasteiger partial charge in [-0.1, -0.05) is 34.8 Å². The third-order valence-corrected chi connectivity index (χ3v) is 1.56. The molecule has 12 heavy (non-hydrogen) atoms. The van der Waals surface area contributed by atoms with Crippen LogP contribution in [0, 0.1) is 0 Å². The van der Waals surface area contributed by atoms with Crippen molar-refractivity contribution < 1.29 is 24.1 Å². The number of alkyl halides is 3. The van der Waals surface area contributed by atoms with Gasteiger partial charge >= 0.3 is 7.82 Å². The second-order valence-corrected chi connectivity index (χ2v) is 5.18. The van der Waals surface area contributed by atoms with Crippen LogP contribution in [0.1, 0.15) is 0 Å². The summed E-state index contributed by atoms with van der Waals surface area (Å²) in [6.45, 7) is 0. The van der Waals surface area contributed by atoms with E-state index in [0.717, 1.165) is 0 Å². The van der Waals surface area contributed by atoms with Crippen LogP contribution < -0.4 is 5.48 Å². The van der Waals surface area contributed by atoms with E-state index >= 15 is 0 Å². The van der Waals surface area contributed by atoms with Crippen molar-refractivity contribution in [2.45, 2.75) is 10.0 Å². The minimum atomic E-state index is -4.74. The average Bonchev–Trinajstić information content (AvgIpc) is 1.78. The van der Waals surface area contributed by atoms with E-state index in [1.165, 1.54) is 5.48 Å². The van der Waals surface area contributed by atoms with Crippen molar-refractivity contribution in [3.8, 4) is 0 Å². The van der Waals surface area contributed by atoms with Crippen molar-refractivity contribution in [3.63, 3.8) is 0 Å². The maximum absolute atomic E-state index is 10.0. The molecule has 74 valence electrons. The Labute approximate surface area is 82.6 Å². The van der Waals surface area contributed by atoms with Gasteiger partial charge in [0.05, 0.1) is 0 Å². The molecule has 0 amide bonds. The maximum Gasteiger partial charge on any atom is 0.486 e. The third kappa shape index (κ3) is 6.42. The first kappa shape index (κ1) is 12.9. The predicted octanol–water partition coefficient (Wildman–Crippen LogP) is 0.289. The molecule has 0 saturated heterocycles. The van der Waals surface area contributed by atoms with Gasteiger partial charge in [-0.15, -0.1) is 0 Å². The lowest BCUT2D eigenvalue weighted by Crippen LogP contribution is -2.39. The summed E-state index contributed by atoms with van der Waals surface area (Å²) < 4.78 is 11.5. The molecule has 0 spiro atoms. The van der Waals surface area contributed by atoms with Gasteiger partial charge in [-0.25, -0.2) is 4.57 Å². The van der Waals surface area contributed by atoms with E-state index in [9.17, 15) is 4.57 Å². The highest BCUT2D eigenvalue weighted by molar-refractivity contribution is 7.46. The molecule has 0 aliphatic carbocycles. The second kappa shape index (κ2) is 4.41. The Hall–Kier alpha value is 0.900. The van der Waals surface area contributed by atoms with Gasteiger partial charge in [-0.2, -0.15) is 10.1 Å². The van der Waals surface area contributed by atoms with Gasteiger partial charge in [-0.05, 0) is 0 Å². The molecule has 0 rings (SSSR count). The Kier molecular flexibility index (Phi) is 4.74. The predicted molar refractivity (Wildman–Crippen MR) is 42.6 cm³/mol. The fourth-order valence-corrected chi connectivity index (χ4v) is 0.556. The molecular weight excluding hydrogens is 255 g/mol. The molecule has 10 heteroatoms. The van der Waals surface area contributed by atoms with Crippen molar-refractivity contribution in [2.24, 2.45) is 0 Å². The Morgan fingerprint density at radius 1 is 1.42 bits per heavy atom. The van der Waals surface area contributed by atoms with Gasteiger partial charge in [0, 0.05) is 0 Å². The Morgan fingerprint density at radius 3 is 2.08 bits per heavy atom. The summed E-state index contributed by atoms with van der Waals surface area (Å²) in [6.07, 6.45) is -1.84. The van der Waals surface area contributed by atoms with Crippen molar-refractivity contribution >= 4 is 42.6 Å². The van der Waals surface area contributed by atoms with Crippen LogP contribution in [-0.4, -0.2) is 24.9 Å². The van der Waals surface area contributed by atoms with Crippen LogP contribution in [0.3, 0.4) is 0 Å². The first-order chi connectivity index (χ1) is 5.13. The van der Waals surface area contributed by atoms with Crippen LogP contribution in [0.15, 0.2) is 0 Å². The van der Waals surface area contributed by atoms with Crippen molar-refractivity contribution in [3.05, 3.63) is 0 Å². The van der Waals surface area contributed by atoms with Gasteiger partial charge in [0.25, 0.3) is 0 Å². The Balaban J connectivity index is 3.89. The number of rotatable bonds is 3. The zero-order valence-electron chi connectivity index (χ0n) is 5.32. The second-order valence-electron chi connectivity index (χ2n) is 1.64. The summed E-state index contributed by atoms with van der Waals surface area (Å²) in [4.78, 5) is 16.2. The lowest BCUT2D eigenvalue weighted by Gasteiger charge is -2.19. The number of phosphoric acid groups is 1. The molecule has 0 aliphatic heterocycles. The number of aliphatic hydroxyl groups excluding tert-OH is 1. The molecule has 4 N–H and O–H groups in total. The van der Waals surface area contributed by atoms with E-state index in [1.807, 2.05) is 0 Å². The first-order valence-electron chi connectivity index (χ1n) is 2.37. The van der Waals surface area contributed by atoms with Crippen LogP contribution in [0.4, 0.5) is 0 Å². The molecule has 0 bridgehead atoms. The van der Waals surface area contributed by atoms with Gasteiger partial charge in [-0.3, -0.25) is 0 Å². The number of nitrogens with one attached hydrogen (secondary N) is 1. The highest BCUT2D eigenvalue weighted by atomic mass is 35.6. The molecule has 0 fully saturated rings. The number of hydrogen-bond donors (Lipinski definition) is 4. The topological polar surface area (TPSA) is 99.0 Å². The third-order valence-electron chi connectivity index (χ3n) is 0.593. The largest absolute Gasteiger partial charge is 0.486 e. The monoisotopic (exact) mass is 259 g/mol. The van der Waals surface area contributed by atoms with Crippen LogP contribution in [0.2, 0.25) is 0 Å². The highest BCUT2D eigenvalue weighted by Crippen LogP contribution is 2.36. The normalized spacial score (nSPS) is 16.2. The smallest absolute Gasteiger partial charge is 0.372 e. The summed E-state index contributed by atoms with van der Waals surface area (Å²) in [5.74, 6) is 0. The molecule has 1 unspecified atom stereocenters. The quantitative estimate of drug-likeness (QED) is 0.252. The fourth-order valence-electron chi connectivity index (χ4n) is 0.185. The average molecular weight is 260 g/mol. The molecule has 0 aliphatic rings. The van der Waals surface area contributed by atoms with Crippen molar-refractivity contribution in [2.75, 3.05) is 0 Å². The molecule has 0 saturated carbocycles. The van der Waals surface area contributed by atoms with Crippen molar-refractivity contribution in [1.29, 1.82) is 0 Å².